The van der Waals surface area contributed by atoms with Gasteiger partial charge in [-0.05, 0) is 67.6 Å². The fraction of sp³-hybridized carbons (Fsp3) is 0.0357. The summed E-state index contributed by atoms with van der Waals surface area (Å²) in [6, 6.07) is 15.0. The van der Waals surface area contributed by atoms with Crippen molar-refractivity contribution in [1.29, 1.82) is 0 Å². The Morgan fingerprint density at radius 1 is 0.774 bits per heavy atom. The number of nitrogens with two attached hydrogens (primary N) is 1. The van der Waals surface area contributed by atoms with Crippen molar-refractivity contribution in [3.05, 3.63) is 115 Å². The Hall–Kier alpha value is -4.69. The predicted molar refractivity (Wildman–Crippen MR) is 176 cm³/mol. The maximum absolute atomic E-state index is 13.0. The number of benzene rings is 4. The summed E-state index contributed by atoms with van der Waals surface area (Å²) >= 11 is 0. The Balaban J connectivity index is 0.00000378. The second-order valence-corrected chi connectivity index (χ2v) is 13.0. The van der Waals surface area contributed by atoms with E-state index in [1.165, 1.54) is 43.3 Å². The second kappa shape index (κ2) is 17.0. The van der Waals surface area contributed by atoms with Gasteiger partial charge in [0.2, 0.25) is 0 Å². The predicted octanol–water partition coefficient (Wildman–Crippen LogP) is -0.737. The number of azo groups is 2. The molecule has 0 aliphatic carbocycles. The van der Waals surface area contributed by atoms with E-state index in [1.807, 2.05) is 0 Å². The van der Waals surface area contributed by atoms with Gasteiger partial charge in [0, 0.05) is 23.9 Å². The van der Waals surface area contributed by atoms with Gasteiger partial charge in [0.15, 0.2) is 11.4 Å². The molecular formula is C28H20N10Na2O11S2. The number of nitro groups is 2. The number of non-ortho nitro benzene ring substituents is 1. The average molecular weight is 783 g/mol. The van der Waals surface area contributed by atoms with E-state index in [1.54, 1.807) is 0 Å². The van der Waals surface area contributed by atoms with E-state index in [-0.39, 0.29) is 110 Å². The minimum absolute atomic E-state index is 0. The van der Waals surface area contributed by atoms with Gasteiger partial charge in [0.1, 0.15) is 25.9 Å². The Bertz CT molecular complexity index is 2560. The number of nitro benzene ring substituents is 2. The third kappa shape index (κ3) is 10.0. The van der Waals surface area contributed by atoms with Crippen molar-refractivity contribution in [2.75, 3.05) is 11.1 Å². The van der Waals surface area contributed by atoms with Crippen LogP contribution in [0.25, 0.3) is 5.69 Å². The second-order valence-electron chi connectivity index (χ2n) is 10.3. The minimum Gasteiger partial charge on any atom is -0.744 e. The Labute approximate surface area is 342 Å². The molecule has 0 aliphatic heterocycles. The third-order valence-corrected chi connectivity index (χ3v) is 8.59. The molecule has 0 unspecified atom stereocenters. The number of aryl methyl sites for hydroxylation is 1. The van der Waals surface area contributed by atoms with E-state index in [0.717, 1.165) is 41.1 Å². The van der Waals surface area contributed by atoms with Crippen LogP contribution in [0.5, 0.6) is 0 Å². The number of hydrogen-bond donors (Lipinski definition) is 3. The largest absolute Gasteiger partial charge is 1.00 e. The van der Waals surface area contributed by atoms with Gasteiger partial charge in [-0.25, -0.2) is 21.5 Å². The Morgan fingerprint density at radius 2 is 1.40 bits per heavy atom. The maximum atomic E-state index is 13.0. The standard InChI is InChI=1S/C28H22N10O11S2.2Na/c1-15-27(28(39)36(35-15)18-6-9-20(10-7-18)50(44,45)46)34-33-24-13-21(29)23(14-25(24)38(42)43)32-31-17-4-2-16(3-5-17)30-22-11-8-19(37(40)41)12-26(22)51(47,48)49;;/h2-14,30,35H,29H2,1H3,(H,44,45,46)(H,47,48,49);;/q;2*+1/p-2. The molecule has 0 fully saturated rings. The van der Waals surface area contributed by atoms with Crippen LogP contribution in [0, 0.1) is 27.2 Å². The Kier molecular flexibility index (Phi) is 13.7. The topological polar surface area (TPSA) is 326 Å². The number of nitrogens with zero attached hydrogens (tertiary/aromatic N) is 7. The number of aromatic amines is 1. The van der Waals surface area contributed by atoms with Crippen LogP contribution in [-0.2, 0) is 20.2 Å². The van der Waals surface area contributed by atoms with E-state index < -0.39 is 56.8 Å². The normalized spacial score (nSPS) is 11.6. The number of nitrogens with one attached hydrogen (secondary N) is 2. The average Bonchev–Trinajstić information content (AvgIpc) is 3.35. The van der Waals surface area contributed by atoms with Crippen LogP contribution in [0.2, 0.25) is 0 Å². The van der Waals surface area contributed by atoms with E-state index >= 15 is 0 Å². The summed E-state index contributed by atoms with van der Waals surface area (Å²) in [7, 11) is -9.78. The zero-order valence-electron chi connectivity index (χ0n) is 27.5. The molecule has 21 nitrogen and oxygen atoms in total. The number of anilines is 3. The molecule has 5 aromatic rings. The number of aromatic nitrogens is 2. The molecule has 0 amide bonds. The van der Waals surface area contributed by atoms with Gasteiger partial charge in [-0.3, -0.25) is 30.1 Å². The molecule has 0 spiro atoms. The first-order chi connectivity index (χ1) is 23.9. The van der Waals surface area contributed by atoms with E-state index in [2.05, 4.69) is 30.9 Å². The van der Waals surface area contributed by atoms with Gasteiger partial charge < -0.3 is 20.2 Å². The number of hydrogen-bond acceptors (Lipinski definition) is 17. The van der Waals surface area contributed by atoms with Crippen molar-refractivity contribution >= 4 is 71.4 Å². The summed E-state index contributed by atoms with van der Waals surface area (Å²) < 4.78 is 69.6. The first-order valence-electron chi connectivity index (χ1n) is 13.8. The first kappa shape index (κ1) is 42.7. The van der Waals surface area contributed by atoms with Crippen molar-refractivity contribution in [3.63, 3.8) is 0 Å². The van der Waals surface area contributed by atoms with Crippen LogP contribution in [-0.4, -0.2) is 45.6 Å². The van der Waals surface area contributed by atoms with Crippen molar-refractivity contribution in [2.24, 2.45) is 20.5 Å². The molecule has 1 aromatic heterocycles. The molecule has 262 valence electrons. The van der Waals surface area contributed by atoms with Crippen molar-refractivity contribution in [1.82, 2.24) is 9.78 Å². The summed E-state index contributed by atoms with van der Waals surface area (Å²) in [4.78, 5) is 32.9. The van der Waals surface area contributed by atoms with E-state index in [0.29, 0.717) is 6.07 Å². The van der Waals surface area contributed by atoms with Crippen LogP contribution >= 0.6 is 0 Å². The third-order valence-electron chi connectivity index (χ3n) is 6.87. The molecule has 0 saturated heterocycles. The van der Waals surface area contributed by atoms with E-state index in [4.69, 9.17) is 5.73 Å². The molecule has 4 aromatic carbocycles. The molecular weight excluding hydrogens is 762 g/mol. The van der Waals surface area contributed by atoms with Gasteiger partial charge in [-0.2, -0.15) is 5.11 Å². The minimum atomic E-state index is -5.07. The van der Waals surface area contributed by atoms with Crippen LogP contribution in [0.15, 0.2) is 114 Å². The first-order valence-corrected chi connectivity index (χ1v) is 16.6. The summed E-state index contributed by atoms with van der Waals surface area (Å²) in [6.45, 7) is 1.47. The number of rotatable bonds is 11. The molecule has 0 radical (unpaired) electrons. The van der Waals surface area contributed by atoms with Crippen molar-refractivity contribution < 1.29 is 94.9 Å². The number of nitrogen functional groups attached to an aromatic ring is 1. The number of H-pyrrole nitrogens is 1. The van der Waals surface area contributed by atoms with Crippen LogP contribution in [0.3, 0.4) is 0 Å². The molecule has 5 rings (SSSR count). The fourth-order valence-electron chi connectivity index (χ4n) is 4.41. The smallest absolute Gasteiger partial charge is 0.744 e. The summed E-state index contributed by atoms with van der Waals surface area (Å²) in [5.41, 5.74) is 4.02. The summed E-state index contributed by atoms with van der Waals surface area (Å²) in [5, 5.41) is 43.9. The molecule has 0 bridgehead atoms. The molecule has 4 N–H and O–H groups in total. The van der Waals surface area contributed by atoms with Gasteiger partial charge in [0.25, 0.3) is 16.9 Å². The van der Waals surface area contributed by atoms with Crippen LogP contribution in [0.1, 0.15) is 5.69 Å². The Morgan fingerprint density at radius 3 is 1.96 bits per heavy atom. The van der Waals surface area contributed by atoms with Crippen molar-refractivity contribution in [2.45, 2.75) is 16.7 Å². The van der Waals surface area contributed by atoms with Crippen molar-refractivity contribution in [3.8, 4) is 5.69 Å². The zero-order chi connectivity index (χ0) is 37.2. The molecule has 1 heterocycles. The monoisotopic (exact) mass is 782 g/mol. The SMILES string of the molecule is Cc1[nH]n(-c2ccc(S(=O)(=O)[O-])cc2)c(=O)c1N=Nc1cc(N)c(N=Nc2ccc(Nc3ccc([N+](=O)[O-])cc3S(=O)(=O)[O-])cc2)cc1[N+](=O)[O-].[Na+].[Na+]. The van der Waals surface area contributed by atoms with Gasteiger partial charge in [-0.1, -0.05) is 0 Å². The fourth-order valence-corrected chi connectivity index (χ4v) is 5.53. The molecule has 0 saturated carbocycles. The quantitative estimate of drug-likeness (QED) is 0.0372. The van der Waals surface area contributed by atoms with E-state index in [9.17, 15) is 51.0 Å². The van der Waals surface area contributed by atoms with Gasteiger partial charge >= 0.3 is 59.1 Å². The maximum Gasteiger partial charge on any atom is 1.00 e. The van der Waals surface area contributed by atoms with Crippen LogP contribution < -0.4 is 75.7 Å². The van der Waals surface area contributed by atoms with Gasteiger partial charge in [0.05, 0.1) is 48.1 Å². The van der Waals surface area contributed by atoms with Gasteiger partial charge in [-0.15, -0.1) is 15.3 Å². The molecule has 25 heteroatoms. The summed E-state index contributed by atoms with van der Waals surface area (Å²) in [6.07, 6.45) is 0. The zero-order valence-corrected chi connectivity index (χ0v) is 33.2. The molecule has 53 heavy (non-hydrogen) atoms. The summed E-state index contributed by atoms with van der Waals surface area (Å²) in [5.74, 6) is 0. The molecule has 0 atom stereocenters. The van der Waals surface area contributed by atoms with Crippen LogP contribution in [0.4, 0.5) is 51.2 Å². The molecule has 0 aliphatic rings.